The second kappa shape index (κ2) is 36.7. The van der Waals surface area contributed by atoms with Crippen LogP contribution < -0.4 is 0 Å². The number of hydrogen-bond acceptors (Lipinski definition) is 6. The molecule has 274 valence electrons. The minimum absolute atomic E-state index is 0.324. The number of carbonyl (C=O) groups is 2. The number of ether oxygens (including phenoxy) is 4. The van der Waals surface area contributed by atoms with Gasteiger partial charge >= 0.3 is 11.9 Å². The van der Waals surface area contributed by atoms with Crippen molar-refractivity contribution in [3.8, 4) is 0 Å². The van der Waals surface area contributed by atoms with Gasteiger partial charge < -0.3 is 18.9 Å². The van der Waals surface area contributed by atoms with Crippen molar-refractivity contribution in [2.24, 2.45) is 0 Å². The summed E-state index contributed by atoms with van der Waals surface area (Å²) in [6.45, 7) is 10.1. The summed E-state index contributed by atoms with van der Waals surface area (Å²) in [5.41, 5.74) is 0. The van der Waals surface area contributed by atoms with Crippen molar-refractivity contribution in [1.29, 1.82) is 0 Å². The van der Waals surface area contributed by atoms with E-state index in [0.717, 1.165) is 51.4 Å². The van der Waals surface area contributed by atoms with Gasteiger partial charge in [-0.2, -0.15) is 0 Å². The second-order valence-corrected chi connectivity index (χ2v) is 13.4. The Bertz CT molecular complexity index is 585. The number of hydrogen-bond donors (Lipinski definition) is 0. The first kappa shape index (κ1) is 44.9. The highest BCUT2D eigenvalue weighted by Crippen LogP contribution is 2.16. The average Bonchev–Trinajstić information content (AvgIpc) is 3.05. The number of rotatable bonds is 37. The summed E-state index contributed by atoms with van der Waals surface area (Å²) in [6, 6.07) is 0. The Hall–Kier alpha value is -1.14. The summed E-state index contributed by atoms with van der Waals surface area (Å²) < 4.78 is 23.2. The van der Waals surface area contributed by atoms with E-state index in [1.807, 2.05) is 0 Å². The first-order valence-electron chi connectivity index (χ1n) is 20.2. The Morgan fingerprint density at radius 3 is 0.826 bits per heavy atom. The van der Waals surface area contributed by atoms with Crippen LogP contribution in [-0.4, -0.2) is 50.6 Å². The molecule has 0 bridgehead atoms. The molecule has 0 spiro atoms. The maximum absolute atomic E-state index is 13.1. The van der Waals surface area contributed by atoms with Crippen LogP contribution in [0.4, 0.5) is 0 Å². The Balaban J connectivity index is 4.65. The maximum atomic E-state index is 13.1. The van der Waals surface area contributed by atoms with Crippen LogP contribution in [0.1, 0.15) is 207 Å². The minimum Gasteiger partial charge on any atom is -0.464 e. The number of unbranched alkanes of at least 4 members (excludes halogenated alkanes) is 24. The quantitative estimate of drug-likeness (QED) is 0.0490. The van der Waals surface area contributed by atoms with Crippen LogP contribution in [-0.2, 0) is 28.5 Å². The summed E-state index contributed by atoms with van der Waals surface area (Å²) in [7, 11) is 0. The third-order valence-corrected chi connectivity index (χ3v) is 8.81. The minimum atomic E-state index is -1.09. The lowest BCUT2D eigenvalue weighted by Gasteiger charge is -2.25. The van der Waals surface area contributed by atoms with Crippen LogP contribution in [0.15, 0.2) is 0 Å². The molecule has 0 aromatic heterocycles. The van der Waals surface area contributed by atoms with Gasteiger partial charge in [0.2, 0.25) is 0 Å². The maximum Gasteiger partial charge on any atom is 0.338 e. The highest BCUT2D eigenvalue weighted by atomic mass is 16.6. The van der Waals surface area contributed by atoms with Gasteiger partial charge in [0, 0.05) is 13.2 Å². The molecule has 0 amide bonds. The van der Waals surface area contributed by atoms with Gasteiger partial charge in [-0.3, -0.25) is 0 Å². The third-order valence-electron chi connectivity index (χ3n) is 8.81. The lowest BCUT2D eigenvalue weighted by Crippen LogP contribution is -2.46. The van der Waals surface area contributed by atoms with E-state index in [4.69, 9.17) is 18.9 Å². The standard InChI is InChI=1S/C40H78O6/c1-5-9-13-15-17-19-21-23-25-27-29-31-35-43-37(39(41)45-33-11-7-3)38(40(42)46-34-12-8-4)44-36-32-30-28-26-24-22-20-18-16-14-10-6-2/h37-38H,5-36H2,1-4H3. The Morgan fingerprint density at radius 1 is 0.326 bits per heavy atom. The van der Waals surface area contributed by atoms with Gasteiger partial charge in [0.25, 0.3) is 0 Å². The van der Waals surface area contributed by atoms with E-state index in [2.05, 4.69) is 27.7 Å². The van der Waals surface area contributed by atoms with E-state index in [1.165, 1.54) is 128 Å². The molecular weight excluding hydrogens is 576 g/mol. The molecule has 0 aliphatic rings. The molecule has 0 aromatic rings. The third kappa shape index (κ3) is 29.0. The molecule has 2 unspecified atom stereocenters. The fourth-order valence-corrected chi connectivity index (χ4v) is 5.66. The van der Waals surface area contributed by atoms with Crippen LogP contribution >= 0.6 is 0 Å². The number of carbonyl (C=O) groups excluding carboxylic acids is 2. The fourth-order valence-electron chi connectivity index (χ4n) is 5.66. The fraction of sp³-hybridized carbons (Fsp3) is 0.950. The molecule has 0 heterocycles. The van der Waals surface area contributed by atoms with Crippen LogP contribution in [0.2, 0.25) is 0 Å². The largest absolute Gasteiger partial charge is 0.464 e. The van der Waals surface area contributed by atoms with Crippen molar-refractivity contribution in [3.05, 3.63) is 0 Å². The van der Waals surface area contributed by atoms with Gasteiger partial charge in [-0.25, -0.2) is 9.59 Å². The molecule has 0 N–H and O–H groups in total. The molecule has 0 rings (SSSR count). The average molecular weight is 655 g/mol. The van der Waals surface area contributed by atoms with E-state index in [0.29, 0.717) is 26.4 Å². The molecule has 0 saturated carbocycles. The van der Waals surface area contributed by atoms with Crippen molar-refractivity contribution in [2.75, 3.05) is 26.4 Å². The SMILES string of the molecule is CCCCCCCCCCCCCCOC(C(=O)OCCCC)C(OCCCCCCCCCCCCCC)C(=O)OCCCC. The molecule has 6 nitrogen and oxygen atoms in total. The van der Waals surface area contributed by atoms with Crippen molar-refractivity contribution < 1.29 is 28.5 Å². The lowest BCUT2D eigenvalue weighted by atomic mass is 10.1. The van der Waals surface area contributed by atoms with Crippen LogP contribution in [0.3, 0.4) is 0 Å². The summed E-state index contributed by atoms with van der Waals surface area (Å²) >= 11 is 0. The van der Waals surface area contributed by atoms with Gasteiger partial charge in [0.1, 0.15) is 0 Å². The van der Waals surface area contributed by atoms with Gasteiger partial charge in [0.05, 0.1) is 13.2 Å². The van der Waals surface area contributed by atoms with Crippen LogP contribution in [0.25, 0.3) is 0 Å². The van der Waals surface area contributed by atoms with Gasteiger partial charge in [-0.15, -0.1) is 0 Å². The Labute approximate surface area is 286 Å². The molecule has 0 aromatic carbocycles. The van der Waals surface area contributed by atoms with E-state index in [1.54, 1.807) is 0 Å². The summed E-state index contributed by atoms with van der Waals surface area (Å²) in [5.74, 6) is -1.03. The summed E-state index contributed by atoms with van der Waals surface area (Å²) in [4.78, 5) is 26.3. The van der Waals surface area contributed by atoms with Crippen molar-refractivity contribution >= 4 is 11.9 Å². The van der Waals surface area contributed by atoms with Crippen molar-refractivity contribution in [2.45, 2.75) is 220 Å². The van der Waals surface area contributed by atoms with Gasteiger partial charge in [-0.05, 0) is 25.7 Å². The second-order valence-electron chi connectivity index (χ2n) is 13.4. The normalized spacial score (nSPS) is 12.7. The van der Waals surface area contributed by atoms with E-state index in [9.17, 15) is 9.59 Å². The smallest absolute Gasteiger partial charge is 0.338 e. The molecule has 0 radical (unpaired) electrons. The van der Waals surface area contributed by atoms with Crippen molar-refractivity contribution in [3.63, 3.8) is 0 Å². The molecule has 0 saturated heterocycles. The highest BCUT2D eigenvalue weighted by Gasteiger charge is 2.38. The van der Waals surface area contributed by atoms with E-state index < -0.39 is 24.1 Å². The summed E-state index contributed by atoms with van der Waals surface area (Å²) in [6.07, 6.45) is 31.4. The van der Waals surface area contributed by atoms with Gasteiger partial charge in [-0.1, -0.05) is 182 Å². The molecule has 6 heteroatoms. The van der Waals surface area contributed by atoms with Gasteiger partial charge in [0.15, 0.2) is 12.2 Å². The lowest BCUT2D eigenvalue weighted by molar-refractivity contribution is -0.184. The Morgan fingerprint density at radius 2 is 0.565 bits per heavy atom. The predicted octanol–water partition coefficient (Wildman–Crippen LogP) is 11.8. The molecule has 0 aliphatic carbocycles. The topological polar surface area (TPSA) is 71.1 Å². The monoisotopic (exact) mass is 655 g/mol. The predicted molar refractivity (Wildman–Crippen MR) is 193 cm³/mol. The zero-order valence-electron chi connectivity index (χ0n) is 31.2. The Kier molecular flexibility index (Phi) is 35.8. The molecule has 0 fully saturated rings. The first-order chi connectivity index (χ1) is 22.6. The molecular formula is C40H78O6. The first-order valence-corrected chi connectivity index (χ1v) is 20.2. The summed E-state index contributed by atoms with van der Waals surface area (Å²) in [5, 5.41) is 0. The zero-order valence-corrected chi connectivity index (χ0v) is 31.2. The van der Waals surface area contributed by atoms with E-state index >= 15 is 0 Å². The van der Waals surface area contributed by atoms with E-state index in [-0.39, 0.29) is 0 Å². The van der Waals surface area contributed by atoms with Crippen molar-refractivity contribution in [1.82, 2.24) is 0 Å². The van der Waals surface area contributed by atoms with Crippen LogP contribution in [0, 0.1) is 0 Å². The molecule has 0 aliphatic heterocycles. The molecule has 46 heavy (non-hydrogen) atoms. The van der Waals surface area contributed by atoms with Crippen LogP contribution in [0.5, 0.6) is 0 Å². The molecule has 2 atom stereocenters. The number of esters is 2. The highest BCUT2D eigenvalue weighted by molar-refractivity contribution is 5.85. The zero-order chi connectivity index (χ0) is 33.8.